The molecule has 0 unspecified atom stereocenters. The number of benzene rings is 2. The number of primary amides is 1. The Morgan fingerprint density at radius 3 is 2.31 bits per heavy atom. The molecule has 0 aliphatic carbocycles. The van der Waals surface area contributed by atoms with Gasteiger partial charge in [-0.05, 0) is 57.0 Å². The highest BCUT2D eigenvalue weighted by Gasteiger charge is 2.27. The molecule has 1 aliphatic rings. The molecule has 8 nitrogen and oxygen atoms in total. The summed E-state index contributed by atoms with van der Waals surface area (Å²) in [4.78, 5) is 48.1. The molecule has 164 valence electrons. The largest absolute Gasteiger partial charge is 0.369 e. The number of aryl methyl sites for hydroxylation is 2. The molecule has 2 aromatic carbocycles. The number of aromatic nitrogens is 2. The number of hydrogen-bond acceptors (Lipinski definition) is 5. The monoisotopic (exact) mass is 431 g/mol. The first kappa shape index (κ1) is 21.4. The van der Waals surface area contributed by atoms with E-state index in [-0.39, 0.29) is 23.6 Å². The maximum atomic E-state index is 13.1. The van der Waals surface area contributed by atoms with Crippen LogP contribution in [0.4, 0.5) is 5.69 Å². The molecular formula is C24H25N5O3. The van der Waals surface area contributed by atoms with Gasteiger partial charge in [0.2, 0.25) is 5.91 Å². The minimum atomic E-state index is -0.334. The van der Waals surface area contributed by atoms with Gasteiger partial charge in [-0.2, -0.15) is 0 Å². The molecule has 8 heteroatoms. The van der Waals surface area contributed by atoms with Crippen LogP contribution >= 0.6 is 0 Å². The van der Waals surface area contributed by atoms with E-state index in [1.807, 2.05) is 13.8 Å². The predicted octanol–water partition coefficient (Wildman–Crippen LogP) is 2.84. The van der Waals surface area contributed by atoms with Crippen molar-refractivity contribution in [2.75, 3.05) is 18.4 Å². The Labute approximate surface area is 185 Å². The van der Waals surface area contributed by atoms with Crippen molar-refractivity contribution in [3.05, 3.63) is 65.0 Å². The fourth-order valence-corrected chi connectivity index (χ4v) is 3.88. The molecule has 0 saturated carbocycles. The number of hydrogen-bond donors (Lipinski definition) is 2. The number of nitrogens with two attached hydrogens (primary N) is 1. The fourth-order valence-electron chi connectivity index (χ4n) is 3.88. The number of nitrogens with zero attached hydrogens (tertiary/aromatic N) is 3. The van der Waals surface area contributed by atoms with Crippen molar-refractivity contribution >= 4 is 34.4 Å². The highest BCUT2D eigenvalue weighted by Crippen LogP contribution is 2.23. The van der Waals surface area contributed by atoms with E-state index in [2.05, 4.69) is 15.3 Å². The second-order valence-electron chi connectivity index (χ2n) is 8.07. The Kier molecular flexibility index (Phi) is 5.85. The van der Waals surface area contributed by atoms with Gasteiger partial charge in [-0.25, -0.2) is 9.97 Å². The van der Waals surface area contributed by atoms with E-state index < -0.39 is 0 Å². The fraction of sp³-hybridized carbons (Fsp3) is 0.292. The Morgan fingerprint density at radius 2 is 1.62 bits per heavy atom. The van der Waals surface area contributed by atoms with E-state index in [1.54, 1.807) is 47.4 Å². The molecule has 32 heavy (non-hydrogen) atoms. The van der Waals surface area contributed by atoms with E-state index in [0.717, 1.165) is 16.9 Å². The molecule has 1 fully saturated rings. The number of piperidine rings is 1. The summed E-state index contributed by atoms with van der Waals surface area (Å²) in [6.07, 6.45) is 1.10. The second-order valence-corrected chi connectivity index (χ2v) is 8.07. The Morgan fingerprint density at radius 1 is 0.969 bits per heavy atom. The third-order valence-corrected chi connectivity index (χ3v) is 5.93. The van der Waals surface area contributed by atoms with Gasteiger partial charge in [0.05, 0.1) is 33.7 Å². The molecule has 1 aliphatic heterocycles. The van der Waals surface area contributed by atoms with Crippen molar-refractivity contribution in [1.29, 1.82) is 0 Å². The van der Waals surface area contributed by atoms with E-state index in [9.17, 15) is 14.4 Å². The van der Waals surface area contributed by atoms with Gasteiger partial charge >= 0.3 is 0 Å². The van der Waals surface area contributed by atoms with Crippen molar-refractivity contribution in [3.63, 3.8) is 0 Å². The van der Waals surface area contributed by atoms with Gasteiger partial charge in [0.15, 0.2) is 0 Å². The van der Waals surface area contributed by atoms with Gasteiger partial charge in [0.1, 0.15) is 0 Å². The Balaban J connectivity index is 1.53. The van der Waals surface area contributed by atoms with Crippen LogP contribution in [-0.4, -0.2) is 45.7 Å². The molecule has 0 spiro atoms. The van der Waals surface area contributed by atoms with Crippen LogP contribution in [0.15, 0.2) is 42.5 Å². The minimum Gasteiger partial charge on any atom is -0.369 e. The second kappa shape index (κ2) is 8.74. The summed E-state index contributed by atoms with van der Waals surface area (Å²) in [5.41, 5.74) is 9.68. The van der Waals surface area contributed by atoms with Crippen LogP contribution in [0.25, 0.3) is 11.0 Å². The summed E-state index contributed by atoms with van der Waals surface area (Å²) in [5.74, 6) is -1.04. The van der Waals surface area contributed by atoms with Crippen LogP contribution in [-0.2, 0) is 4.79 Å². The number of nitrogens with one attached hydrogen (secondary N) is 1. The Hall–Kier alpha value is -3.81. The van der Waals surface area contributed by atoms with E-state index >= 15 is 0 Å². The first-order valence-corrected chi connectivity index (χ1v) is 10.6. The number of anilines is 1. The third-order valence-electron chi connectivity index (χ3n) is 5.93. The topological polar surface area (TPSA) is 118 Å². The molecule has 0 bridgehead atoms. The standard InChI is InChI=1S/C24H25N5O3/c1-14-15(2)27-21-13-17(7-8-20(21)26-14)23(31)28-19-6-4-3-5-18(19)24(32)29-11-9-16(10-12-29)22(25)30/h3-8,13,16H,9-12H2,1-2H3,(H2,25,30)(H,28,31). The van der Waals surface area contributed by atoms with Gasteiger partial charge in [-0.15, -0.1) is 0 Å². The molecule has 0 radical (unpaired) electrons. The van der Waals surface area contributed by atoms with Crippen molar-refractivity contribution in [2.45, 2.75) is 26.7 Å². The minimum absolute atomic E-state index is 0.181. The average molecular weight is 431 g/mol. The zero-order valence-electron chi connectivity index (χ0n) is 18.1. The number of fused-ring (bicyclic) bond motifs is 1. The van der Waals surface area contributed by atoms with Gasteiger partial charge in [0, 0.05) is 24.6 Å². The van der Waals surface area contributed by atoms with Crippen LogP contribution < -0.4 is 11.1 Å². The lowest BCUT2D eigenvalue weighted by Gasteiger charge is -2.31. The summed E-state index contributed by atoms with van der Waals surface area (Å²) in [7, 11) is 0. The first-order chi connectivity index (χ1) is 15.3. The zero-order valence-corrected chi connectivity index (χ0v) is 18.1. The van der Waals surface area contributed by atoms with Gasteiger partial charge in [-0.1, -0.05) is 12.1 Å². The van der Waals surface area contributed by atoms with Crippen LogP contribution in [0.3, 0.4) is 0 Å². The number of likely N-dealkylation sites (tertiary alicyclic amines) is 1. The molecule has 2 heterocycles. The van der Waals surface area contributed by atoms with Crippen LogP contribution in [0, 0.1) is 19.8 Å². The number of rotatable bonds is 4. The highest BCUT2D eigenvalue weighted by atomic mass is 16.2. The van der Waals surface area contributed by atoms with Gasteiger partial charge < -0.3 is 16.0 Å². The smallest absolute Gasteiger partial charge is 0.255 e. The summed E-state index contributed by atoms with van der Waals surface area (Å²) >= 11 is 0. The molecule has 3 amide bonds. The van der Waals surface area contributed by atoms with Gasteiger partial charge in [0.25, 0.3) is 11.8 Å². The molecule has 1 aromatic heterocycles. The summed E-state index contributed by atoms with van der Waals surface area (Å²) in [6, 6.07) is 12.1. The molecular weight excluding hydrogens is 406 g/mol. The average Bonchev–Trinajstić information content (AvgIpc) is 2.79. The molecule has 3 aromatic rings. The molecule has 3 N–H and O–H groups in total. The van der Waals surface area contributed by atoms with Crippen molar-refractivity contribution < 1.29 is 14.4 Å². The normalized spacial score (nSPS) is 14.4. The van der Waals surface area contributed by atoms with Crippen LogP contribution in [0.2, 0.25) is 0 Å². The summed E-state index contributed by atoms with van der Waals surface area (Å²) in [6.45, 7) is 4.68. The van der Waals surface area contributed by atoms with Crippen LogP contribution in [0.5, 0.6) is 0 Å². The van der Waals surface area contributed by atoms with Crippen molar-refractivity contribution in [2.24, 2.45) is 11.7 Å². The maximum Gasteiger partial charge on any atom is 0.255 e. The SMILES string of the molecule is Cc1nc2ccc(C(=O)Nc3ccccc3C(=O)N3CCC(C(N)=O)CC3)cc2nc1C. The number of para-hydroxylation sites is 1. The lowest BCUT2D eigenvalue weighted by molar-refractivity contribution is -0.123. The van der Waals surface area contributed by atoms with E-state index in [4.69, 9.17) is 5.73 Å². The van der Waals surface area contributed by atoms with Crippen molar-refractivity contribution in [1.82, 2.24) is 14.9 Å². The predicted molar refractivity (Wildman–Crippen MR) is 121 cm³/mol. The lowest BCUT2D eigenvalue weighted by atomic mass is 9.95. The van der Waals surface area contributed by atoms with E-state index in [1.165, 1.54) is 0 Å². The quantitative estimate of drug-likeness (QED) is 0.658. The molecule has 4 rings (SSSR count). The van der Waals surface area contributed by atoms with Crippen molar-refractivity contribution in [3.8, 4) is 0 Å². The van der Waals surface area contributed by atoms with Gasteiger partial charge in [-0.3, -0.25) is 14.4 Å². The third kappa shape index (κ3) is 4.30. The van der Waals surface area contributed by atoms with Crippen LogP contribution in [0.1, 0.15) is 44.9 Å². The summed E-state index contributed by atoms with van der Waals surface area (Å²) in [5, 5.41) is 2.86. The molecule has 1 saturated heterocycles. The molecule has 0 atom stereocenters. The number of carbonyl (C=O) groups is 3. The highest BCUT2D eigenvalue weighted by molar-refractivity contribution is 6.10. The number of carbonyl (C=O) groups excluding carboxylic acids is 3. The number of amides is 3. The zero-order chi connectivity index (χ0) is 22.8. The first-order valence-electron chi connectivity index (χ1n) is 10.6. The van der Waals surface area contributed by atoms with E-state index in [0.29, 0.717) is 48.3 Å². The summed E-state index contributed by atoms with van der Waals surface area (Å²) < 4.78 is 0. The maximum absolute atomic E-state index is 13.1. The lowest BCUT2D eigenvalue weighted by Crippen LogP contribution is -2.42. The Bertz CT molecular complexity index is 1220.